The highest BCUT2D eigenvalue weighted by Gasteiger charge is 2.16. The Bertz CT molecular complexity index is 596. The van der Waals surface area contributed by atoms with E-state index in [1.807, 2.05) is 13.1 Å². The Kier molecular flexibility index (Phi) is 5.34. The summed E-state index contributed by atoms with van der Waals surface area (Å²) < 4.78 is 5.57. The van der Waals surface area contributed by atoms with E-state index in [1.165, 1.54) is 16.7 Å². The molecule has 0 bridgehead atoms. The molecule has 0 spiro atoms. The highest BCUT2D eigenvalue weighted by atomic mass is 16.5. The van der Waals surface area contributed by atoms with Gasteiger partial charge in [0.1, 0.15) is 5.75 Å². The number of nitrogens with zero attached hydrogens (tertiary/aromatic N) is 1. The average molecular weight is 284 g/mol. The molecule has 2 aromatic rings. The number of hydrogen-bond donors (Lipinski definition) is 1. The van der Waals surface area contributed by atoms with Crippen molar-refractivity contribution >= 4 is 0 Å². The van der Waals surface area contributed by atoms with E-state index in [0.717, 1.165) is 17.9 Å². The maximum atomic E-state index is 5.57. The van der Waals surface area contributed by atoms with Crippen LogP contribution in [0.15, 0.2) is 36.7 Å². The maximum absolute atomic E-state index is 5.57. The minimum Gasteiger partial charge on any atom is -0.492 e. The van der Waals surface area contributed by atoms with E-state index < -0.39 is 0 Å². The summed E-state index contributed by atoms with van der Waals surface area (Å²) in [5.74, 6) is 0.822. The molecule has 1 aromatic carbocycles. The first-order chi connectivity index (χ1) is 10.2. The summed E-state index contributed by atoms with van der Waals surface area (Å²) in [4.78, 5) is 4.31. The Morgan fingerprint density at radius 3 is 2.62 bits per heavy atom. The molecule has 0 aliphatic heterocycles. The van der Waals surface area contributed by atoms with Crippen molar-refractivity contribution in [3.8, 4) is 5.75 Å². The molecule has 1 N–H and O–H groups in total. The molecular formula is C18H24N2O. The molecule has 0 fully saturated rings. The summed E-state index contributed by atoms with van der Waals surface area (Å²) in [5, 5.41) is 3.55. The molecular weight excluding hydrogens is 260 g/mol. The maximum Gasteiger partial charge on any atom is 0.137 e. The fourth-order valence-electron chi connectivity index (χ4n) is 2.60. The predicted molar refractivity (Wildman–Crippen MR) is 86.8 cm³/mol. The van der Waals surface area contributed by atoms with E-state index >= 15 is 0 Å². The first-order valence-electron chi connectivity index (χ1n) is 7.54. The van der Waals surface area contributed by atoms with E-state index in [4.69, 9.17) is 4.74 Å². The van der Waals surface area contributed by atoms with Crippen LogP contribution in [-0.4, -0.2) is 18.1 Å². The van der Waals surface area contributed by atoms with Crippen LogP contribution in [0.1, 0.15) is 42.1 Å². The SMILES string of the molecule is CCNC(c1cncc(OCC)c1)c1ccc(C)cc1C. The lowest BCUT2D eigenvalue weighted by Crippen LogP contribution is -2.23. The quantitative estimate of drug-likeness (QED) is 0.876. The van der Waals surface area contributed by atoms with Gasteiger partial charge in [-0.2, -0.15) is 0 Å². The summed E-state index contributed by atoms with van der Waals surface area (Å²) in [6.07, 6.45) is 3.67. The van der Waals surface area contributed by atoms with Crippen LogP contribution < -0.4 is 10.1 Å². The molecule has 2 rings (SSSR count). The standard InChI is InChI=1S/C18H24N2O/c1-5-20-18(17-8-7-13(3)9-14(17)4)15-10-16(21-6-2)12-19-11-15/h7-12,18,20H,5-6H2,1-4H3. The first-order valence-corrected chi connectivity index (χ1v) is 7.54. The second-order valence-electron chi connectivity index (χ2n) is 5.24. The number of nitrogens with one attached hydrogen (secondary N) is 1. The molecule has 3 heteroatoms. The zero-order valence-electron chi connectivity index (χ0n) is 13.3. The van der Waals surface area contributed by atoms with Gasteiger partial charge in [-0.05, 0) is 50.1 Å². The topological polar surface area (TPSA) is 34.2 Å². The van der Waals surface area contributed by atoms with E-state index in [2.05, 4.69) is 55.3 Å². The molecule has 21 heavy (non-hydrogen) atoms. The summed E-state index contributed by atoms with van der Waals surface area (Å²) in [6, 6.07) is 8.80. The van der Waals surface area contributed by atoms with Crippen molar-refractivity contribution in [1.29, 1.82) is 0 Å². The smallest absolute Gasteiger partial charge is 0.137 e. The zero-order chi connectivity index (χ0) is 15.2. The van der Waals surface area contributed by atoms with Gasteiger partial charge in [0.15, 0.2) is 0 Å². The van der Waals surface area contributed by atoms with Gasteiger partial charge in [0.05, 0.1) is 18.8 Å². The fourth-order valence-corrected chi connectivity index (χ4v) is 2.60. The molecule has 3 nitrogen and oxygen atoms in total. The molecule has 1 unspecified atom stereocenters. The van der Waals surface area contributed by atoms with Crippen molar-refractivity contribution < 1.29 is 4.74 Å². The number of aryl methyl sites for hydroxylation is 2. The van der Waals surface area contributed by atoms with E-state index in [0.29, 0.717) is 6.61 Å². The normalized spacial score (nSPS) is 12.2. The summed E-state index contributed by atoms with van der Waals surface area (Å²) in [5.41, 5.74) is 5.00. The molecule has 0 saturated carbocycles. The third kappa shape index (κ3) is 3.82. The number of aromatic nitrogens is 1. The molecule has 0 aliphatic carbocycles. The lowest BCUT2D eigenvalue weighted by atomic mass is 9.94. The summed E-state index contributed by atoms with van der Waals surface area (Å²) >= 11 is 0. The van der Waals surface area contributed by atoms with Crippen LogP contribution in [0.4, 0.5) is 0 Å². The van der Waals surface area contributed by atoms with E-state index in [9.17, 15) is 0 Å². The zero-order valence-corrected chi connectivity index (χ0v) is 13.3. The van der Waals surface area contributed by atoms with Gasteiger partial charge in [0.2, 0.25) is 0 Å². The van der Waals surface area contributed by atoms with Gasteiger partial charge in [0.25, 0.3) is 0 Å². The van der Waals surface area contributed by atoms with Gasteiger partial charge < -0.3 is 10.1 Å². The highest BCUT2D eigenvalue weighted by molar-refractivity contribution is 5.39. The number of hydrogen-bond acceptors (Lipinski definition) is 3. The van der Waals surface area contributed by atoms with Gasteiger partial charge >= 0.3 is 0 Å². The van der Waals surface area contributed by atoms with Gasteiger partial charge in [-0.3, -0.25) is 4.98 Å². The van der Waals surface area contributed by atoms with Gasteiger partial charge in [0, 0.05) is 6.20 Å². The van der Waals surface area contributed by atoms with Crippen molar-refractivity contribution in [2.45, 2.75) is 33.7 Å². The lowest BCUT2D eigenvalue weighted by molar-refractivity contribution is 0.338. The first kappa shape index (κ1) is 15.5. The Balaban J connectivity index is 2.40. The number of rotatable bonds is 6. The Morgan fingerprint density at radius 1 is 1.14 bits per heavy atom. The molecule has 1 aromatic heterocycles. The van der Waals surface area contributed by atoms with Crippen LogP contribution in [0.2, 0.25) is 0 Å². The van der Waals surface area contributed by atoms with Gasteiger partial charge in [-0.25, -0.2) is 0 Å². The fraction of sp³-hybridized carbons (Fsp3) is 0.389. The monoisotopic (exact) mass is 284 g/mol. The van der Waals surface area contributed by atoms with Crippen LogP contribution in [0.5, 0.6) is 5.75 Å². The predicted octanol–water partition coefficient (Wildman–Crippen LogP) is 3.80. The Hall–Kier alpha value is -1.87. The molecule has 0 aliphatic rings. The minimum atomic E-state index is 0.142. The molecule has 1 atom stereocenters. The second kappa shape index (κ2) is 7.23. The van der Waals surface area contributed by atoms with Crippen molar-refractivity contribution in [3.05, 3.63) is 58.9 Å². The molecule has 0 amide bonds. The molecule has 112 valence electrons. The van der Waals surface area contributed by atoms with Gasteiger partial charge in [-0.15, -0.1) is 0 Å². The van der Waals surface area contributed by atoms with Crippen molar-refractivity contribution in [3.63, 3.8) is 0 Å². The highest BCUT2D eigenvalue weighted by Crippen LogP contribution is 2.27. The summed E-state index contributed by atoms with van der Waals surface area (Å²) in [6.45, 7) is 9.94. The number of benzene rings is 1. The van der Waals surface area contributed by atoms with E-state index in [-0.39, 0.29) is 6.04 Å². The second-order valence-corrected chi connectivity index (χ2v) is 5.24. The van der Waals surface area contributed by atoms with Crippen molar-refractivity contribution in [2.75, 3.05) is 13.2 Å². The average Bonchev–Trinajstić information content (AvgIpc) is 2.46. The van der Waals surface area contributed by atoms with Crippen LogP contribution in [0.25, 0.3) is 0 Å². The van der Waals surface area contributed by atoms with E-state index in [1.54, 1.807) is 6.20 Å². The summed E-state index contributed by atoms with van der Waals surface area (Å²) in [7, 11) is 0. The molecule has 1 heterocycles. The number of ether oxygens (including phenoxy) is 1. The third-order valence-electron chi connectivity index (χ3n) is 3.52. The van der Waals surface area contributed by atoms with Crippen LogP contribution >= 0.6 is 0 Å². The Labute approximate surface area is 127 Å². The molecule has 0 saturated heterocycles. The largest absolute Gasteiger partial charge is 0.492 e. The van der Waals surface area contributed by atoms with Crippen LogP contribution in [0.3, 0.4) is 0 Å². The van der Waals surface area contributed by atoms with Crippen LogP contribution in [-0.2, 0) is 0 Å². The number of pyridine rings is 1. The third-order valence-corrected chi connectivity index (χ3v) is 3.52. The lowest BCUT2D eigenvalue weighted by Gasteiger charge is -2.21. The molecule has 0 radical (unpaired) electrons. The van der Waals surface area contributed by atoms with Crippen LogP contribution in [0, 0.1) is 13.8 Å². The van der Waals surface area contributed by atoms with Crippen molar-refractivity contribution in [1.82, 2.24) is 10.3 Å². The van der Waals surface area contributed by atoms with Crippen molar-refractivity contribution in [2.24, 2.45) is 0 Å². The minimum absolute atomic E-state index is 0.142. The Morgan fingerprint density at radius 2 is 1.95 bits per heavy atom. The van der Waals surface area contributed by atoms with Gasteiger partial charge in [-0.1, -0.05) is 30.7 Å².